The van der Waals surface area contributed by atoms with Crippen molar-refractivity contribution in [1.82, 2.24) is 14.9 Å². The third-order valence-corrected chi connectivity index (χ3v) is 6.02. The monoisotopic (exact) mass is 402 g/mol. The molecule has 1 N–H and O–H groups in total. The first-order valence-electron chi connectivity index (χ1n) is 9.39. The molecule has 1 aliphatic heterocycles. The van der Waals surface area contributed by atoms with Crippen LogP contribution in [0.1, 0.15) is 28.1 Å². The van der Waals surface area contributed by atoms with Crippen molar-refractivity contribution in [1.29, 1.82) is 0 Å². The van der Waals surface area contributed by atoms with Gasteiger partial charge in [0.15, 0.2) is 5.17 Å². The smallest absolute Gasteiger partial charge is 0.264 e. The molecule has 0 atom stereocenters. The molecule has 0 bridgehead atoms. The summed E-state index contributed by atoms with van der Waals surface area (Å²) in [7, 11) is 0. The van der Waals surface area contributed by atoms with E-state index >= 15 is 0 Å². The van der Waals surface area contributed by atoms with Gasteiger partial charge in [-0.3, -0.25) is 9.78 Å². The maximum atomic E-state index is 12.5. The molecule has 1 aliphatic rings. The lowest BCUT2D eigenvalue weighted by Gasteiger charge is -2.08. The minimum absolute atomic E-state index is 0.120. The maximum Gasteiger partial charge on any atom is 0.264 e. The van der Waals surface area contributed by atoms with E-state index in [9.17, 15) is 4.79 Å². The molecule has 1 aromatic carbocycles. The number of carbonyl (C=O) groups excluding carboxylic acids is 1. The van der Waals surface area contributed by atoms with Gasteiger partial charge in [0.1, 0.15) is 0 Å². The van der Waals surface area contributed by atoms with E-state index in [0.29, 0.717) is 10.1 Å². The van der Waals surface area contributed by atoms with Crippen LogP contribution >= 0.6 is 11.8 Å². The number of aryl methyl sites for hydroxylation is 2. The van der Waals surface area contributed by atoms with Gasteiger partial charge < -0.3 is 9.88 Å². The van der Waals surface area contributed by atoms with Crippen LogP contribution in [0.5, 0.6) is 0 Å². The number of thioether (sulfide) groups is 1. The lowest BCUT2D eigenvalue weighted by molar-refractivity contribution is -0.115. The highest BCUT2D eigenvalue weighted by atomic mass is 32.2. The number of benzene rings is 1. The highest BCUT2D eigenvalue weighted by Crippen LogP contribution is 2.31. The van der Waals surface area contributed by atoms with Crippen LogP contribution in [-0.2, 0) is 4.79 Å². The summed E-state index contributed by atoms with van der Waals surface area (Å²) in [5, 5.41) is 3.49. The molecule has 0 unspecified atom stereocenters. The molecular weight excluding hydrogens is 380 g/mol. The second kappa shape index (κ2) is 7.72. The van der Waals surface area contributed by atoms with E-state index in [2.05, 4.69) is 52.8 Å². The fraction of sp³-hybridized carbons (Fsp3) is 0.174. The molecule has 3 heterocycles. The van der Waals surface area contributed by atoms with Gasteiger partial charge in [-0.15, -0.1) is 0 Å². The highest BCUT2D eigenvalue weighted by Gasteiger charge is 2.25. The van der Waals surface area contributed by atoms with Crippen LogP contribution in [0, 0.1) is 27.7 Å². The average molecular weight is 403 g/mol. The molecule has 4 rings (SSSR count). The van der Waals surface area contributed by atoms with Gasteiger partial charge in [-0.2, -0.15) is 0 Å². The topological polar surface area (TPSA) is 59.3 Å². The Morgan fingerprint density at radius 2 is 1.97 bits per heavy atom. The number of pyridine rings is 1. The molecule has 1 amide bonds. The van der Waals surface area contributed by atoms with E-state index in [1.807, 2.05) is 43.5 Å². The summed E-state index contributed by atoms with van der Waals surface area (Å²) < 4.78 is 2.14. The van der Waals surface area contributed by atoms with Crippen LogP contribution in [-0.4, -0.2) is 20.6 Å². The fourth-order valence-corrected chi connectivity index (χ4v) is 4.23. The number of aliphatic imine (C=N–C) groups is 1. The zero-order valence-electron chi connectivity index (χ0n) is 16.9. The Balaban J connectivity index is 1.65. The number of hydrogen-bond donors (Lipinski definition) is 1. The summed E-state index contributed by atoms with van der Waals surface area (Å²) in [5.41, 5.74) is 7.35. The summed E-state index contributed by atoms with van der Waals surface area (Å²) in [6, 6.07) is 12.0. The van der Waals surface area contributed by atoms with Crippen LogP contribution in [0.25, 0.3) is 11.8 Å². The van der Waals surface area contributed by atoms with Crippen molar-refractivity contribution in [3.8, 4) is 5.69 Å². The predicted octanol–water partition coefficient (Wildman–Crippen LogP) is 5.00. The van der Waals surface area contributed by atoms with Gasteiger partial charge in [-0.1, -0.05) is 12.1 Å². The first kappa shape index (κ1) is 19.2. The molecule has 5 nitrogen and oxygen atoms in total. The number of amides is 1. The Labute approximate surface area is 174 Å². The second-order valence-corrected chi connectivity index (χ2v) is 8.10. The number of hydrogen-bond acceptors (Lipinski definition) is 4. The van der Waals surface area contributed by atoms with Gasteiger partial charge in [-0.05, 0) is 86.5 Å². The number of nitrogens with zero attached hydrogens (tertiary/aromatic N) is 3. The minimum Gasteiger partial charge on any atom is -0.316 e. The van der Waals surface area contributed by atoms with Crippen LogP contribution in [0.15, 0.2) is 58.7 Å². The average Bonchev–Trinajstić information content (AvgIpc) is 3.18. The third kappa shape index (κ3) is 3.76. The zero-order valence-corrected chi connectivity index (χ0v) is 17.7. The normalized spacial score (nSPS) is 16.6. The highest BCUT2D eigenvalue weighted by molar-refractivity contribution is 8.18. The Kier molecular flexibility index (Phi) is 5.11. The number of aromatic nitrogens is 2. The van der Waals surface area contributed by atoms with Gasteiger partial charge in [-0.25, -0.2) is 4.99 Å². The van der Waals surface area contributed by atoms with E-state index in [4.69, 9.17) is 0 Å². The number of nitrogens with one attached hydrogen (secondary N) is 1. The summed E-state index contributed by atoms with van der Waals surface area (Å²) >= 11 is 1.37. The van der Waals surface area contributed by atoms with Gasteiger partial charge in [0.2, 0.25) is 0 Å². The van der Waals surface area contributed by atoms with Gasteiger partial charge in [0.05, 0.1) is 22.5 Å². The standard InChI is InChI=1S/C23H22N4OS/c1-14-7-5-9-20(16(14)3)25-23-26-22(28)21(29-23)12-18-11-15(2)27(17(18)4)19-8-6-10-24-13-19/h5-13H,1-4H3,(H,25,26,28)/b21-12-. The second-order valence-electron chi connectivity index (χ2n) is 7.07. The van der Waals surface area contributed by atoms with Gasteiger partial charge in [0.25, 0.3) is 5.91 Å². The Bertz CT molecular complexity index is 1160. The molecule has 0 spiro atoms. The van der Waals surface area contributed by atoms with Crippen LogP contribution < -0.4 is 5.32 Å². The summed E-state index contributed by atoms with van der Waals surface area (Å²) in [4.78, 5) is 22.0. The molecule has 1 saturated heterocycles. The van der Waals surface area contributed by atoms with Crippen LogP contribution in [0.3, 0.4) is 0 Å². The summed E-state index contributed by atoms with van der Waals surface area (Å²) in [5.74, 6) is -0.120. The fourth-order valence-electron chi connectivity index (χ4n) is 3.40. The van der Waals surface area contributed by atoms with E-state index in [-0.39, 0.29) is 5.91 Å². The van der Waals surface area contributed by atoms with Crippen molar-refractivity contribution in [2.45, 2.75) is 27.7 Å². The van der Waals surface area contributed by atoms with Gasteiger partial charge in [0, 0.05) is 17.6 Å². The molecule has 0 saturated carbocycles. The van der Waals surface area contributed by atoms with E-state index < -0.39 is 0 Å². The SMILES string of the molecule is Cc1cccc(N=C2NC(=O)/C(=C/c3cc(C)n(-c4cccnc4)c3C)S2)c1C. The van der Waals surface area contributed by atoms with Crippen molar-refractivity contribution in [3.63, 3.8) is 0 Å². The van der Waals surface area contributed by atoms with Crippen LogP contribution in [0.4, 0.5) is 5.69 Å². The Hall–Kier alpha value is -3.12. The summed E-state index contributed by atoms with van der Waals surface area (Å²) in [6.07, 6.45) is 5.53. The molecule has 146 valence electrons. The zero-order chi connectivity index (χ0) is 20.5. The molecule has 1 fully saturated rings. The number of amidine groups is 1. The van der Waals surface area contributed by atoms with Crippen molar-refractivity contribution in [2.24, 2.45) is 4.99 Å². The van der Waals surface area contributed by atoms with Crippen molar-refractivity contribution < 1.29 is 4.79 Å². The van der Waals surface area contributed by atoms with E-state index in [0.717, 1.165) is 33.9 Å². The summed E-state index contributed by atoms with van der Waals surface area (Å²) in [6.45, 7) is 8.20. The Morgan fingerprint density at radius 3 is 2.72 bits per heavy atom. The first-order chi connectivity index (χ1) is 13.9. The molecule has 0 aliphatic carbocycles. The minimum atomic E-state index is -0.120. The van der Waals surface area contributed by atoms with E-state index in [1.54, 1.807) is 6.20 Å². The molecular formula is C23H22N4OS. The first-order valence-corrected chi connectivity index (χ1v) is 10.2. The molecule has 3 aromatic rings. The quantitative estimate of drug-likeness (QED) is 0.628. The number of carbonyl (C=O) groups is 1. The Morgan fingerprint density at radius 1 is 1.14 bits per heavy atom. The van der Waals surface area contributed by atoms with Gasteiger partial charge >= 0.3 is 0 Å². The maximum absolute atomic E-state index is 12.5. The largest absolute Gasteiger partial charge is 0.316 e. The predicted molar refractivity (Wildman–Crippen MR) is 120 cm³/mol. The molecule has 6 heteroatoms. The lowest BCUT2D eigenvalue weighted by Crippen LogP contribution is -2.19. The van der Waals surface area contributed by atoms with Crippen molar-refractivity contribution in [3.05, 3.63) is 81.8 Å². The van der Waals surface area contributed by atoms with Crippen LogP contribution in [0.2, 0.25) is 0 Å². The van der Waals surface area contributed by atoms with Crippen molar-refractivity contribution >= 4 is 34.6 Å². The molecule has 29 heavy (non-hydrogen) atoms. The van der Waals surface area contributed by atoms with Crippen molar-refractivity contribution in [2.75, 3.05) is 0 Å². The van der Waals surface area contributed by atoms with E-state index in [1.165, 1.54) is 17.3 Å². The molecule has 0 radical (unpaired) electrons. The third-order valence-electron chi connectivity index (χ3n) is 5.11. The molecule has 2 aromatic heterocycles. The number of rotatable bonds is 3. The lowest BCUT2D eigenvalue weighted by atomic mass is 10.1.